The zero-order chi connectivity index (χ0) is 23.1. The Labute approximate surface area is 184 Å². The highest BCUT2D eigenvalue weighted by molar-refractivity contribution is 7.89. The van der Waals surface area contributed by atoms with Crippen molar-refractivity contribution in [2.75, 3.05) is 24.2 Å². The van der Waals surface area contributed by atoms with Gasteiger partial charge < -0.3 is 20.4 Å². The zero-order valence-electron chi connectivity index (χ0n) is 17.3. The quantitative estimate of drug-likeness (QED) is 0.290. The summed E-state index contributed by atoms with van der Waals surface area (Å²) in [5, 5.41) is 2.55. The molecule has 0 aliphatic carbocycles. The second-order valence-electron chi connectivity index (χ2n) is 6.80. The van der Waals surface area contributed by atoms with E-state index in [0.29, 0.717) is 35.6 Å². The smallest absolute Gasteiger partial charge is 0.307 e. The first kappa shape index (κ1) is 23.1. The molecule has 0 unspecified atom stereocenters. The number of rotatable bonds is 10. The van der Waals surface area contributed by atoms with Crippen molar-refractivity contribution in [1.82, 2.24) is 24.2 Å². The lowest BCUT2D eigenvalue weighted by Gasteiger charge is -2.09. The van der Waals surface area contributed by atoms with Gasteiger partial charge in [-0.2, -0.15) is 0 Å². The molecule has 0 saturated carbocycles. The van der Waals surface area contributed by atoms with E-state index in [-0.39, 0.29) is 30.4 Å². The zero-order valence-corrected chi connectivity index (χ0v) is 18.1. The molecule has 0 spiro atoms. The van der Waals surface area contributed by atoms with E-state index in [4.69, 9.17) is 10.5 Å². The van der Waals surface area contributed by atoms with Gasteiger partial charge in [0.2, 0.25) is 15.9 Å². The van der Waals surface area contributed by atoms with Crippen LogP contribution in [0.25, 0.3) is 11.2 Å². The molecule has 0 bridgehead atoms. The molecule has 3 rings (SSSR count). The number of amides is 1. The number of carbonyl (C=O) groups is 2. The molecule has 32 heavy (non-hydrogen) atoms. The fourth-order valence-electron chi connectivity index (χ4n) is 2.85. The van der Waals surface area contributed by atoms with Gasteiger partial charge in [0.05, 0.1) is 24.3 Å². The van der Waals surface area contributed by atoms with Crippen molar-refractivity contribution >= 4 is 44.6 Å². The number of aryl methyl sites for hydroxylation is 1. The van der Waals surface area contributed by atoms with E-state index in [1.807, 2.05) is 0 Å². The van der Waals surface area contributed by atoms with Crippen LogP contribution >= 0.6 is 0 Å². The normalized spacial score (nSPS) is 11.4. The maximum Gasteiger partial charge on any atom is 0.307 e. The number of anilines is 2. The Morgan fingerprint density at radius 2 is 1.91 bits per heavy atom. The van der Waals surface area contributed by atoms with Crippen molar-refractivity contribution in [3.8, 4) is 0 Å². The number of imidazole rings is 1. The number of aromatic nitrogens is 4. The number of hydrogen-bond acceptors (Lipinski definition) is 9. The monoisotopic (exact) mass is 461 g/mol. The SMILES string of the molecule is CC(=O)Nc1ccc(S(=O)(=O)NCCC(=O)OCCCn2cnc3c(N)ncnc32)cc1. The van der Waals surface area contributed by atoms with Gasteiger partial charge in [0.1, 0.15) is 11.8 Å². The minimum Gasteiger partial charge on any atom is -0.466 e. The Morgan fingerprint density at radius 1 is 1.16 bits per heavy atom. The van der Waals surface area contributed by atoms with Crippen molar-refractivity contribution in [2.24, 2.45) is 0 Å². The van der Waals surface area contributed by atoms with Crippen molar-refractivity contribution in [2.45, 2.75) is 31.2 Å². The Bertz CT molecular complexity index is 1210. The van der Waals surface area contributed by atoms with Crippen LogP contribution in [0.2, 0.25) is 0 Å². The highest BCUT2D eigenvalue weighted by atomic mass is 32.2. The average Bonchev–Trinajstić information content (AvgIpc) is 3.15. The summed E-state index contributed by atoms with van der Waals surface area (Å²) in [7, 11) is -3.78. The summed E-state index contributed by atoms with van der Waals surface area (Å²) in [5.74, 6) is -0.476. The van der Waals surface area contributed by atoms with E-state index in [1.165, 1.54) is 37.5 Å². The topological polar surface area (TPSA) is 171 Å². The number of esters is 1. The van der Waals surface area contributed by atoms with Crippen LogP contribution in [0.15, 0.2) is 41.8 Å². The van der Waals surface area contributed by atoms with Crippen molar-refractivity contribution in [3.63, 3.8) is 0 Å². The summed E-state index contributed by atoms with van der Waals surface area (Å²) < 4.78 is 33.9. The molecule has 170 valence electrons. The van der Waals surface area contributed by atoms with Crippen LogP contribution in [0.3, 0.4) is 0 Å². The minimum absolute atomic E-state index is 0.0250. The Morgan fingerprint density at radius 3 is 2.62 bits per heavy atom. The number of nitrogen functional groups attached to an aromatic ring is 1. The summed E-state index contributed by atoms with van der Waals surface area (Å²) in [6, 6.07) is 5.69. The Hall–Kier alpha value is -3.58. The lowest BCUT2D eigenvalue weighted by molar-refractivity contribution is -0.143. The van der Waals surface area contributed by atoms with Crippen molar-refractivity contribution in [3.05, 3.63) is 36.9 Å². The molecular formula is C19H23N7O5S. The maximum absolute atomic E-state index is 12.3. The molecule has 3 aromatic rings. The van der Waals surface area contributed by atoms with Gasteiger partial charge in [0, 0.05) is 25.7 Å². The van der Waals surface area contributed by atoms with Crippen LogP contribution in [0.1, 0.15) is 19.8 Å². The van der Waals surface area contributed by atoms with Gasteiger partial charge in [-0.05, 0) is 30.7 Å². The summed E-state index contributed by atoms with van der Waals surface area (Å²) in [6.07, 6.45) is 3.36. The standard InChI is InChI=1S/C19H23N7O5S/c1-13(27)25-14-3-5-15(6-4-14)32(29,30)24-8-7-16(28)31-10-2-9-26-12-23-17-18(20)21-11-22-19(17)26/h3-6,11-12,24H,2,7-10H2,1H3,(H,25,27)(H2,20,21,22). The highest BCUT2D eigenvalue weighted by Crippen LogP contribution is 2.15. The van der Waals surface area contributed by atoms with Crippen LogP contribution in [-0.4, -0.2) is 53.0 Å². The van der Waals surface area contributed by atoms with E-state index >= 15 is 0 Å². The van der Waals surface area contributed by atoms with Crippen molar-refractivity contribution < 1.29 is 22.7 Å². The van der Waals surface area contributed by atoms with Gasteiger partial charge >= 0.3 is 5.97 Å². The third-order valence-electron chi connectivity index (χ3n) is 4.34. The molecule has 4 N–H and O–H groups in total. The van der Waals surface area contributed by atoms with E-state index in [0.717, 1.165) is 0 Å². The first-order valence-electron chi connectivity index (χ1n) is 9.70. The van der Waals surface area contributed by atoms with E-state index in [1.54, 1.807) is 10.9 Å². The Balaban J connectivity index is 1.39. The summed E-state index contributed by atoms with van der Waals surface area (Å²) >= 11 is 0. The van der Waals surface area contributed by atoms with E-state index in [2.05, 4.69) is 25.0 Å². The van der Waals surface area contributed by atoms with Gasteiger partial charge in [-0.1, -0.05) is 0 Å². The largest absolute Gasteiger partial charge is 0.466 e. The third kappa shape index (κ3) is 5.98. The van der Waals surface area contributed by atoms with Crippen LogP contribution in [0.5, 0.6) is 0 Å². The molecule has 0 radical (unpaired) electrons. The first-order chi connectivity index (χ1) is 15.3. The predicted octanol–water partition coefficient (Wildman–Crippen LogP) is 0.669. The molecule has 1 amide bonds. The maximum atomic E-state index is 12.3. The number of fused-ring (bicyclic) bond motifs is 1. The molecule has 0 aliphatic heterocycles. The fraction of sp³-hybridized carbons (Fsp3) is 0.316. The lowest BCUT2D eigenvalue weighted by Crippen LogP contribution is -2.27. The summed E-state index contributed by atoms with van der Waals surface area (Å²) in [5.41, 5.74) is 7.34. The third-order valence-corrected chi connectivity index (χ3v) is 5.82. The number of benzene rings is 1. The number of nitrogens with one attached hydrogen (secondary N) is 2. The summed E-state index contributed by atoms with van der Waals surface area (Å²) in [4.78, 5) is 35.1. The second kappa shape index (κ2) is 10.2. The molecule has 0 saturated heterocycles. The molecule has 0 fully saturated rings. The number of hydrogen-bond donors (Lipinski definition) is 3. The average molecular weight is 462 g/mol. The highest BCUT2D eigenvalue weighted by Gasteiger charge is 2.15. The fourth-order valence-corrected chi connectivity index (χ4v) is 3.88. The molecule has 0 atom stereocenters. The molecule has 1 aromatic carbocycles. The van der Waals surface area contributed by atoms with E-state index in [9.17, 15) is 18.0 Å². The van der Waals surface area contributed by atoms with Crippen molar-refractivity contribution in [1.29, 1.82) is 0 Å². The van der Waals surface area contributed by atoms with Gasteiger partial charge in [-0.15, -0.1) is 0 Å². The molecule has 12 nitrogen and oxygen atoms in total. The van der Waals surface area contributed by atoms with Gasteiger partial charge in [0.15, 0.2) is 11.5 Å². The van der Waals surface area contributed by atoms with Gasteiger partial charge in [-0.3, -0.25) is 9.59 Å². The lowest BCUT2D eigenvalue weighted by atomic mass is 10.3. The predicted molar refractivity (Wildman–Crippen MR) is 116 cm³/mol. The molecule has 2 heterocycles. The molecule has 2 aromatic heterocycles. The molecular weight excluding hydrogens is 438 g/mol. The van der Waals surface area contributed by atoms with Crippen LogP contribution in [0.4, 0.5) is 11.5 Å². The van der Waals surface area contributed by atoms with Crippen LogP contribution in [-0.2, 0) is 30.9 Å². The minimum atomic E-state index is -3.78. The van der Waals surface area contributed by atoms with Gasteiger partial charge in [0.25, 0.3) is 0 Å². The Kier molecular flexibility index (Phi) is 7.33. The number of nitrogens with zero attached hydrogens (tertiary/aromatic N) is 4. The van der Waals surface area contributed by atoms with Crippen LogP contribution < -0.4 is 15.8 Å². The number of carbonyl (C=O) groups excluding carboxylic acids is 2. The number of ether oxygens (including phenoxy) is 1. The first-order valence-corrected chi connectivity index (χ1v) is 11.2. The summed E-state index contributed by atoms with van der Waals surface area (Å²) in [6.45, 7) is 1.94. The number of nitrogens with two attached hydrogens (primary N) is 1. The molecule has 13 heteroatoms. The second-order valence-corrected chi connectivity index (χ2v) is 8.56. The van der Waals surface area contributed by atoms with Gasteiger partial charge in [-0.25, -0.2) is 28.1 Å². The van der Waals surface area contributed by atoms with Crippen LogP contribution in [0, 0.1) is 0 Å². The molecule has 0 aliphatic rings. The van der Waals surface area contributed by atoms with E-state index < -0.39 is 16.0 Å². The number of sulfonamides is 1.